The second-order valence-corrected chi connectivity index (χ2v) is 2.97. The fraction of sp³-hybridized carbons (Fsp3) is 0.222. The summed E-state index contributed by atoms with van der Waals surface area (Å²) in [5.41, 5.74) is 4.14. The smallest absolute Gasteiger partial charge is 0.139 e. The first-order valence-electron chi connectivity index (χ1n) is 4.09. The van der Waals surface area contributed by atoms with Gasteiger partial charge in [0.2, 0.25) is 0 Å². The standard InChI is InChI=1S/C9H11N3O/c1-12-6-7(5-11-13)8-3-2-4-10-9(8)12/h2-4,6,11,13H,5H2,1H3. The molecule has 2 rings (SSSR count). The van der Waals surface area contributed by atoms with E-state index in [1.807, 2.05) is 29.9 Å². The lowest BCUT2D eigenvalue weighted by molar-refractivity contribution is 0.161. The minimum absolute atomic E-state index is 0.447. The van der Waals surface area contributed by atoms with Crippen LogP contribution in [-0.4, -0.2) is 14.8 Å². The van der Waals surface area contributed by atoms with Crippen LogP contribution in [0.2, 0.25) is 0 Å². The van der Waals surface area contributed by atoms with E-state index in [4.69, 9.17) is 5.21 Å². The molecule has 0 radical (unpaired) electrons. The Hall–Kier alpha value is -1.39. The first-order chi connectivity index (χ1) is 6.33. The zero-order valence-corrected chi connectivity index (χ0v) is 7.36. The molecule has 4 nitrogen and oxygen atoms in total. The SMILES string of the molecule is Cn1cc(CNO)c2cccnc21. The van der Waals surface area contributed by atoms with Crippen molar-refractivity contribution < 1.29 is 5.21 Å². The van der Waals surface area contributed by atoms with Gasteiger partial charge in [-0.15, -0.1) is 0 Å². The predicted octanol–water partition coefficient (Wildman–Crippen LogP) is 1.05. The summed E-state index contributed by atoms with van der Waals surface area (Å²) in [6, 6.07) is 3.89. The number of rotatable bonds is 2. The molecule has 0 fully saturated rings. The number of hydrogen-bond acceptors (Lipinski definition) is 3. The number of nitrogens with zero attached hydrogens (tertiary/aromatic N) is 2. The highest BCUT2D eigenvalue weighted by atomic mass is 16.5. The van der Waals surface area contributed by atoms with E-state index in [1.54, 1.807) is 6.20 Å². The van der Waals surface area contributed by atoms with Crippen molar-refractivity contribution in [3.05, 3.63) is 30.1 Å². The summed E-state index contributed by atoms with van der Waals surface area (Å²) in [5, 5.41) is 9.68. The zero-order valence-electron chi connectivity index (χ0n) is 7.36. The molecule has 4 heteroatoms. The molecule has 0 amide bonds. The molecule has 68 valence electrons. The molecule has 0 aliphatic carbocycles. The van der Waals surface area contributed by atoms with Crippen LogP contribution in [0.5, 0.6) is 0 Å². The van der Waals surface area contributed by atoms with E-state index in [-0.39, 0.29) is 0 Å². The zero-order chi connectivity index (χ0) is 9.26. The van der Waals surface area contributed by atoms with E-state index in [9.17, 15) is 0 Å². The van der Waals surface area contributed by atoms with Crippen LogP contribution in [0.3, 0.4) is 0 Å². The van der Waals surface area contributed by atoms with E-state index >= 15 is 0 Å². The average molecular weight is 177 g/mol. The van der Waals surface area contributed by atoms with Crippen LogP contribution < -0.4 is 5.48 Å². The van der Waals surface area contributed by atoms with Crippen LogP contribution in [0.4, 0.5) is 0 Å². The van der Waals surface area contributed by atoms with Crippen molar-refractivity contribution in [2.24, 2.45) is 7.05 Å². The summed E-state index contributed by atoms with van der Waals surface area (Å²) in [6.45, 7) is 0.447. The first-order valence-corrected chi connectivity index (χ1v) is 4.09. The molecule has 0 atom stereocenters. The molecule has 2 aromatic rings. The first kappa shape index (κ1) is 8.22. The molecule has 2 heterocycles. The van der Waals surface area contributed by atoms with Gasteiger partial charge in [0.25, 0.3) is 0 Å². The Morgan fingerprint density at radius 1 is 1.62 bits per heavy atom. The second kappa shape index (κ2) is 3.16. The topological polar surface area (TPSA) is 50.1 Å². The molecule has 0 bridgehead atoms. The minimum atomic E-state index is 0.447. The van der Waals surface area contributed by atoms with Gasteiger partial charge in [-0.3, -0.25) is 0 Å². The van der Waals surface area contributed by atoms with E-state index in [0.717, 1.165) is 16.6 Å². The van der Waals surface area contributed by atoms with Crippen LogP contribution in [0.15, 0.2) is 24.5 Å². The van der Waals surface area contributed by atoms with Gasteiger partial charge in [-0.25, -0.2) is 10.5 Å². The number of aryl methyl sites for hydroxylation is 1. The van der Waals surface area contributed by atoms with Crippen LogP contribution in [-0.2, 0) is 13.6 Å². The van der Waals surface area contributed by atoms with E-state index in [2.05, 4.69) is 10.5 Å². The predicted molar refractivity (Wildman–Crippen MR) is 49.3 cm³/mol. The Kier molecular flexibility index (Phi) is 2.00. The van der Waals surface area contributed by atoms with Gasteiger partial charge in [0.15, 0.2) is 0 Å². The number of pyridine rings is 1. The van der Waals surface area contributed by atoms with Gasteiger partial charge in [0.1, 0.15) is 5.65 Å². The lowest BCUT2D eigenvalue weighted by atomic mass is 10.2. The average Bonchev–Trinajstić information content (AvgIpc) is 2.46. The van der Waals surface area contributed by atoms with E-state index < -0.39 is 0 Å². The highest BCUT2D eigenvalue weighted by Crippen LogP contribution is 2.17. The van der Waals surface area contributed by atoms with Gasteiger partial charge in [0.05, 0.1) is 0 Å². The Morgan fingerprint density at radius 2 is 2.46 bits per heavy atom. The highest BCUT2D eigenvalue weighted by Gasteiger charge is 2.05. The molecule has 0 saturated heterocycles. The summed E-state index contributed by atoms with van der Waals surface area (Å²) >= 11 is 0. The van der Waals surface area contributed by atoms with Gasteiger partial charge in [-0.2, -0.15) is 0 Å². The molecule has 0 spiro atoms. The Bertz CT molecular complexity index is 422. The maximum absolute atomic E-state index is 8.61. The number of aromatic nitrogens is 2. The Labute approximate surface area is 75.8 Å². The van der Waals surface area contributed by atoms with Crippen LogP contribution >= 0.6 is 0 Å². The van der Waals surface area contributed by atoms with Crippen molar-refractivity contribution in [2.45, 2.75) is 6.54 Å². The van der Waals surface area contributed by atoms with Crippen molar-refractivity contribution in [3.8, 4) is 0 Å². The van der Waals surface area contributed by atoms with Gasteiger partial charge < -0.3 is 9.77 Å². The monoisotopic (exact) mass is 177 g/mol. The number of fused-ring (bicyclic) bond motifs is 1. The maximum atomic E-state index is 8.61. The van der Waals surface area contributed by atoms with Gasteiger partial charge in [-0.05, 0) is 17.7 Å². The molecule has 2 aromatic heterocycles. The third kappa shape index (κ3) is 1.30. The second-order valence-electron chi connectivity index (χ2n) is 2.97. The fourth-order valence-corrected chi connectivity index (χ4v) is 1.52. The maximum Gasteiger partial charge on any atom is 0.139 e. The largest absolute Gasteiger partial charge is 0.335 e. The molecule has 0 aliphatic heterocycles. The van der Waals surface area contributed by atoms with Gasteiger partial charge in [0, 0.05) is 31.4 Å². The molecular formula is C9H11N3O. The van der Waals surface area contributed by atoms with Crippen molar-refractivity contribution in [3.63, 3.8) is 0 Å². The van der Waals surface area contributed by atoms with Gasteiger partial charge >= 0.3 is 0 Å². The van der Waals surface area contributed by atoms with Crippen LogP contribution in [0, 0.1) is 0 Å². The Balaban J connectivity index is 2.63. The molecule has 0 unspecified atom stereocenters. The molecule has 0 aromatic carbocycles. The molecule has 2 N–H and O–H groups in total. The fourth-order valence-electron chi connectivity index (χ4n) is 1.52. The number of hydroxylamine groups is 1. The summed E-state index contributed by atoms with van der Waals surface area (Å²) in [4.78, 5) is 4.24. The third-order valence-corrected chi connectivity index (χ3v) is 2.09. The third-order valence-electron chi connectivity index (χ3n) is 2.09. The van der Waals surface area contributed by atoms with Crippen LogP contribution in [0.1, 0.15) is 5.56 Å². The number of nitrogens with one attached hydrogen (secondary N) is 1. The quantitative estimate of drug-likeness (QED) is 0.674. The lowest BCUT2D eigenvalue weighted by Gasteiger charge is -1.94. The summed E-state index contributed by atoms with van der Waals surface area (Å²) in [6.07, 6.45) is 3.72. The van der Waals surface area contributed by atoms with Crippen molar-refractivity contribution >= 4 is 11.0 Å². The summed E-state index contributed by atoms with van der Waals surface area (Å²) < 4.78 is 1.95. The van der Waals surface area contributed by atoms with Crippen LogP contribution in [0.25, 0.3) is 11.0 Å². The van der Waals surface area contributed by atoms with Gasteiger partial charge in [-0.1, -0.05) is 0 Å². The highest BCUT2D eigenvalue weighted by molar-refractivity contribution is 5.80. The molecule has 0 saturated carbocycles. The summed E-state index contributed by atoms with van der Waals surface area (Å²) in [7, 11) is 1.94. The molecular weight excluding hydrogens is 166 g/mol. The Morgan fingerprint density at radius 3 is 3.23 bits per heavy atom. The minimum Gasteiger partial charge on any atom is -0.335 e. The normalized spacial score (nSPS) is 10.9. The molecule has 13 heavy (non-hydrogen) atoms. The van der Waals surface area contributed by atoms with E-state index in [1.165, 1.54) is 0 Å². The van der Waals surface area contributed by atoms with E-state index in [0.29, 0.717) is 6.54 Å². The lowest BCUT2D eigenvalue weighted by Crippen LogP contribution is -2.05. The van der Waals surface area contributed by atoms with Crippen molar-refractivity contribution in [1.82, 2.24) is 15.0 Å². The van der Waals surface area contributed by atoms with Crippen molar-refractivity contribution in [1.29, 1.82) is 0 Å². The molecule has 0 aliphatic rings. The summed E-state index contributed by atoms with van der Waals surface area (Å²) in [5.74, 6) is 0. The number of hydrogen-bond donors (Lipinski definition) is 2. The van der Waals surface area contributed by atoms with Crippen molar-refractivity contribution in [2.75, 3.05) is 0 Å².